The number of hydrogen-bond acceptors (Lipinski definition) is 5. The molecule has 0 bridgehead atoms. The fourth-order valence-electron chi connectivity index (χ4n) is 1.90. The zero-order valence-electron chi connectivity index (χ0n) is 11.1. The summed E-state index contributed by atoms with van der Waals surface area (Å²) in [4.78, 5) is 2.35. The first-order chi connectivity index (χ1) is 8.33. The molecule has 0 aromatic rings. The largest absolute Gasteiger partial charge is 0.382 e. The average Bonchev–Trinajstić information content (AvgIpc) is 2.73. The van der Waals surface area contributed by atoms with Gasteiger partial charge in [-0.1, -0.05) is 0 Å². The highest BCUT2D eigenvalue weighted by Gasteiger charge is 2.17. The summed E-state index contributed by atoms with van der Waals surface area (Å²) >= 11 is 0. The molecule has 0 amide bonds. The molecule has 0 spiro atoms. The summed E-state index contributed by atoms with van der Waals surface area (Å²) in [6.07, 6.45) is 1.25. The fraction of sp³-hybridized carbons (Fsp3) is 1.00. The first-order valence-electron chi connectivity index (χ1n) is 6.39. The summed E-state index contributed by atoms with van der Waals surface area (Å²) in [5.74, 6) is 0. The van der Waals surface area contributed by atoms with E-state index in [-0.39, 0.29) is 0 Å². The molecule has 1 atom stereocenters. The Morgan fingerprint density at radius 2 is 1.82 bits per heavy atom. The lowest BCUT2D eigenvalue weighted by Gasteiger charge is -2.12. The third-order valence-electron chi connectivity index (χ3n) is 2.87. The van der Waals surface area contributed by atoms with Gasteiger partial charge in [-0.05, 0) is 20.0 Å². The second-order valence-corrected chi connectivity index (χ2v) is 4.42. The molecule has 102 valence electrons. The minimum absolute atomic E-state index is 0.640. The predicted molar refractivity (Wildman–Crippen MR) is 67.4 cm³/mol. The minimum atomic E-state index is 0.640. The summed E-state index contributed by atoms with van der Waals surface area (Å²) in [6, 6.07) is 0.640. The molecule has 1 fully saturated rings. The van der Waals surface area contributed by atoms with Crippen molar-refractivity contribution in [3.8, 4) is 0 Å². The number of likely N-dealkylation sites (N-methyl/N-ethyl adjacent to an activating group) is 1. The number of methoxy groups -OCH3 is 1. The summed E-state index contributed by atoms with van der Waals surface area (Å²) in [7, 11) is 3.83. The number of nitrogens with zero attached hydrogens (tertiary/aromatic N) is 1. The zero-order valence-corrected chi connectivity index (χ0v) is 11.1. The Morgan fingerprint density at radius 3 is 2.47 bits per heavy atom. The van der Waals surface area contributed by atoms with Crippen molar-refractivity contribution in [2.24, 2.45) is 0 Å². The summed E-state index contributed by atoms with van der Waals surface area (Å²) in [5, 5.41) is 3.50. The molecule has 1 aliphatic heterocycles. The minimum Gasteiger partial charge on any atom is -0.382 e. The van der Waals surface area contributed by atoms with Gasteiger partial charge in [-0.25, -0.2) is 0 Å². The van der Waals surface area contributed by atoms with Gasteiger partial charge in [0.05, 0.1) is 33.0 Å². The highest BCUT2D eigenvalue weighted by molar-refractivity contribution is 4.78. The van der Waals surface area contributed by atoms with Gasteiger partial charge in [0.15, 0.2) is 0 Å². The Kier molecular flexibility index (Phi) is 8.56. The Morgan fingerprint density at radius 1 is 1.12 bits per heavy atom. The van der Waals surface area contributed by atoms with Crippen LogP contribution in [0.4, 0.5) is 0 Å². The van der Waals surface area contributed by atoms with Crippen LogP contribution in [0, 0.1) is 0 Å². The van der Waals surface area contributed by atoms with Crippen molar-refractivity contribution >= 4 is 0 Å². The molecule has 1 N–H and O–H groups in total. The van der Waals surface area contributed by atoms with Crippen molar-refractivity contribution in [3.63, 3.8) is 0 Å². The lowest BCUT2D eigenvalue weighted by molar-refractivity contribution is 0.0252. The van der Waals surface area contributed by atoms with E-state index in [1.165, 1.54) is 13.0 Å². The maximum atomic E-state index is 5.46. The molecule has 0 aromatic carbocycles. The average molecular weight is 246 g/mol. The van der Waals surface area contributed by atoms with Gasteiger partial charge in [0.2, 0.25) is 0 Å². The Balaban J connectivity index is 1.75. The molecule has 1 rings (SSSR count). The van der Waals surface area contributed by atoms with Crippen LogP contribution in [-0.2, 0) is 14.2 Å². The predicted octanol–water partition coefficient (Wildman–Crippen LogP) is -0.0403. The first-order valence-corrected chi connectivity index (χ1v) is 6.39. The third kappa shape index (κ3) is 7.68. The van der Waals surface area contributed by atoms with E-state index in [2.05, 4.69) is 17.3 Å². The van der Waals surface area contributed by atoms with Crippen molar-refractivity contribution in [2.45, 2.75) is 12.5 Å². The SMILES string of the molecule is COCCOCCOCCNC1CCN(C)C1. The maximum absolute atomic E-state index is 5.46. The molecule has 0 radical (unpaired) electrons. The van der Waals surface area contributed by atoms with Crippen molar-refractivity contribution in [1.82, 2.24) is 10.2 Å². The number of ether oxygens (including phenoxy) is 3. The van der Waals surface area contributed by atoms with Gasteiger partial charge >= 0.3 is 0 Å². The molecule has 5 heteroatoms. The Labute approximate surface area is 104 Å². The van der Waals surface area contributed by atoms with Crippen molar-refractivity contribution < 1.29 is 14.2 Å². The molecular formula is C12H26N2O3. The lowest BCUT2D eigenvalue weighted by Crippen LogP contribution is -2.34. The van der Waals surface area contributed by atoms with Gasteiger partial charge in [-0.2, -0.15) is 0 Å². The van der Waals surface area contributed by atoms with Gasteiger partial charge < -0.3 is 24.4 Å². The molecule has 5 nitrogen and oxygen atoms in total. The molecular weight excluding hydrogens is 220 g/mol. The molecule has 1 aliphatic rings. The van der Waals surface area contributed by atoms with E-state index in [0.29, 0.717) is 32.5 Å². The molecule has 1 unspecified atom stereocenters. The molecule has 1 heterocycles. The Bertz CT molecular complexity index is 181. The van der Waals surface area contributed by atoms with Crippen LogP contribution in [0.2, 0.25) is 0 Å². The topological polar surface area (TPSA) is 43.0 Å². The molecule has 0 saturated carbocycles. The van der Waals surface area contributed by atoms with Crippen LogP contribution >= 0.6 is 0 Å². The highest BCUT2D eigenvalue weighted by Crippen LogP contribution is 2.05. The van der Waals surface area contributed by atoms with Crippen LogP contribution in [0.5, 0.6) is 0 Å². The zero-order chi connectivity index (χ0) is 12.3. The van der Waals surface area contributed by atoms with E-state index >= 15 is 0 Å². The van der Waals surface area contributed by atoms with Crippen LogP contribution in [-0.4, -0.2) is 77.8 Å². The normalized spacial score (nSPS) is 21.2. The van der Waals surface area contributed by atoms with Crippen molar-refractivity contribution in [2.75, 3.05) is 66.8 Å². The standard InChI is InChI=1S/C12H26N2O3/c1-14-5-3-12(11-14)13-4-6-16-9-10-17-8-7-15-2/h12-13H,3-11H2,1-2H3. The number of hydrogen-bond donors (Lipinski definition) is 1. The van der Waals surface area contributed by atoms with Gasteiger partial charge in [0.25, 0.3) is 0 Å². The van der Waals surface area contributed by atoms with E-state index in [9.17, 15) is 0 Å². The molecule has 17 heavy (non-hydrogen) atoms. The van der Waals surface area contributed by atoms with E-state index in [4.69, 9.17) is 14.2 Å². The van der Waals surface area contributed by atoms with Crippen LogP contribution in [0.1, 0.15) is 6.42 Å². The second-order valence-electron chi connectivity index (χ2n) is 4.42. The maximum Gasteiger partial charge on any atom is 0.0701 e. The quantitative estimate of drug-likeness (QED) is 0.548. The van der Waals surface area contributed by atoms with E-state index in [1.807, 2.05) is 0 Å². The van der Waals surface area contributed by atoms with E-state index < -0.39 is 0 Å². The smallest absolute Gasteiger partial charge is 0.0701 e. The third-order valence-corrected chi connectivity index (χ3v) is 2.87. The van der Waals surface area contributed by atoms with Crippen LogP contribution < -0.4 is 5.32 Å². The monoisotopic (exact) mass is 246 g/mol. The van der Waals surface area contributed by atoms with Gasteiger partial charge in [0.1, 0.15) is 0 Å². The van der Waals surface area contributed by atoms with E-state index in [0.717, 1.165) is 19.7 Å². The molecule has 1 saturated heterocycles. The van der Waals surface area contributed by atoms with Gasteiger partial charge in [0, 0.05) is 26.2 Å². The summed E-state index contributed by atoms with van der Waals surface area (Å²) < 4.78 is 15.6. The molecule has 0 aromatic heterocycles. The first kappa shape index (κ1) is 14.9. The van der Waals surface area contributed by atoms with Crippen LogP contribution in [0.15, 0.2) is 0 Å². The molecule has 0 aliphatic carbocycles. The van der Waals surface area contributed by atoms with Crippen LogP contribution in [0.3, 0.4) is 0 Å². The fourth-order valence-corrected chi connectivity index (χ4v) is 1.90. The summed E-state index contributed by atoms with van der Waals surface area (Å²) in [6.45, 7) is 6.64. The lowest BCUT2D eigenvalue weighted by atomic mass is 10.3. The van der Waals surface area contributed by atoms with Crippen molar-refractivity contribution in [1.29, 1.82) is 0 Å². The second kappa shape index (κ2) is 9.79. The summed E-state index contributed by atoms with van der Waals surface area (Å²) in [5.41, 5.74) is 0. The van der Waals surface area contributed by atoms with E-state index in [1.54, 1.807) is 7.11 Å². The number of nitrogens with one attached hydrogen (secondary N) is 1. The highest BCUT2D eigenvalue weighted by atomic mass is 16.5. The Hall–Kier alpha value is -0.200. The van der Waals surface area contributed by atoms with Gasteiger partial charge in [-0.3, -0.25) is 0 Å². The number of rotatable bonds is 10. The van der Waals surface area contributed by atoms with Crippen molar-refractivity contribution in [3.05, 3.63) is 0 Å². The number of likely N-dealkylation sites (tertiary alicyclic amines) is 1. The van der Waals surface area contributed by atoms with Crippen LogP contribution in [0.25, 0.3) is 0 Å². The van der Waals surface area contributed by atoms with Gasteiger partial charge in [-0.15, -0.1) is 0 Å².